The third-order valence-electron chi connectivity index (χ3n) is 2.55. The number of phenols is 1. The molecular weight excluding hydrogens is 200 g/mol. The second-order valence-electron chi connectivity index (χ2n) is 3.68. The topological polar surface area (TPSA) is 40.5 Å². The van der Waals surface area contributed by atoms with E-state index in [4.69, 9.17) is 5.11 Å². The van der Waals surface area contributed by atoms with Crippen LogP contribution in [0.25, 0.3) is 11.1 Å². The summed E-state index contributed by atoms with van der Waals surface area (Å²) in [5.41, 5.74) is 3.13. The second-order valence-corrected chi connectivity index (χ2v) is 3.68. The summed E-state index contributed by atoms with van der Waals surface area (Å²) in [5, 5.41) is 18.4. The molecule has 0 unspecified atom stereocenters. The van der Waals surface area contributed by atoms with E-state index in [0.29, 0.717) is 6.42 Å². The first-order valence-corrected chi connectivity index (χ1v) is 5.29. The lowest BCUT2D eigenvalue weighted by Gasteiger charge is -2.09. The van der Waals surface area contributed by atoms with Gasteiger partial charge in [0.05, 0.1) is 0 Å². The number of rotatable bonds is 3. The van der Waals surface area contributed by atoms with Crippen molar-refractivity contribution in [1.82, 2.24) is 0 Å². The van der Waals surface area contributed by atoms with Gasteiger partial charge in [-0.05, 0) is 35.2 Å². The van der Waals surface area contributed by atoms with E-state index in [2.05, 4.69) is 0 Å². The van der Waals surface area contributed by atoms with Crippen LogP contribution in [0.4, 0.5) is 0 Å². The molecule has 2 aromatic carbocycles. The first-order valence-electron chi connectivity index (χ1n) is 5.29. The smallest absolute Gasteiger partial charge is 0.115 e. The zero-order valence-electron chi connectivity index (χ0n) is 8.93. The van der Waals surface area contributed by atoms with Gasteiger partial charge in [-0.15, -0.1) is 0 Å². The highest BCUT2D eigenvalue weighted by Crippen LogP contribution is 2.27. The fourth-order valence-corrected chi connectivity index (χ4v) is 1.81. The second kappa shape index (κ2) is 4.81. The van der Waals surface area contributed by atoms with Crippen LogP contribution in [0.1, 0.15) is 5.56 Å². The Hall–Kier alpha value is -1.80. The van der Waals surface area contributed by atoms with Gasteiger partial charge in [-0.25, -0.2) is 0 Å². The van der Waals surface area contributed by atoms with Crippen LogP contribution < -0.4 is 0 Å². The summed E-state index contributed by atoms with van der Waals surface area (Å²) in [5.74, 6) is 0.239. The maximum absolute atomic E-state index is 9.43. The van der Waals surface area contributed by atoms with Crippen molar-refractivity contribution in [3.63, 3.8) is 0 Å². The highest BCUT2D eigenvalue weighted by Gasteiger charge is 2.05. The van der Waals surface area contributed by atoms with Gasteiger partial charge in [0.25, 0.3) is 0 Å². The molecule has 0 fully saturated rings. The number of aromatic hydroxyl groups is 1. The molecule has 0 aromatic heterocycles. The Morgan fingerprint density at radius 3 is 2.38 bits per heavy atom. The maximum atomic E-state index is 9.43. The highest BCUT2D eigenvalue weighted by atomic mass is 16.3. The molecule has 16 heavy (non-hydrogen) atoms. The minimum atomic E-state index is 0.0866. The van der Waals surface area contributed by atoms with Gasteiger partial charge in [-0.3, -0.25) is 0 Å². The van der Waals surface area contributed by atoms with E-state index in [9.17, 15) is 5.11 Å². The van der Waals surface area contributed by atoms with E-state index in [0.717, 1.165) is 16.7 Å². The van der Waals surface area contributed by atoms with Gasteiger partial charge in [-0.2, -0.15) is 0 Å². The summed E-state index contributed by atoms with van der Waals surface area (Å²) in [6.45, 7) is 0.0866. The molecule has 0 heterocycles. The molecule has 0 saturated carbocycles. The number of benzene rings is 2. The van der Waals surface area contributed by atoms with Crippen LogP contribution >= 0.6 is 0 Å². The van der Waals surface area contributed by atoms with Crippen molar-refractivity contribution in [3.05, 3.63) is 54.1 Å². The van der Waals surface area contributed by atoms with Crippen LogP contribution in [0.3, 0.4) is 0 Å². The molecular formula is C14H14O2. The number of hydrogen-bond acceptors (Lipinski definition) is 2. The van der Waals surface area contributed by atoms with Gasteiger partial charge in [0, 0.05) is 6.61 Å². The molecule has 2 rings (SSSR count). The minimum absolute atomic E-state index is 0.0866. The highest BCUT2D eigenvalue weighted by molar-refractivity contribution is 5.68. The van der Waals surface area contributed by atoms with Crippen molar-refractivity contribution < 1.29 is 10.2 Å². The molecule has 0 radical (unpaired) electrons. The van der Waals surface area contributed by atoms with E-state index in [-0.39, 0.29) is 12.4 Å². The summed E-state index contributed by atoms with van der Waals surface area (Å²) in [7, 11) is 0. The largest absolute Gasteiger partial charge is 0.508 e. The van der Waals surface area contributed by atoms with Crippen molar-refractivity contribution in [2.75, 3.05) is 6.61 Å². The molecule has 0 aliphatic heterocycles. The first kappa shape index (κ1) is 10.7. The van der Waals surface area contributed by atoms with Gasteiger partial charge >= 0.3 is 0 Å². The Labute approximate surface area is 94.8 Å². The Morgan fingerprint density at radius 1 is 0.938 bits per heavy atom. The van der Waals surface area contributed by atoms with Gasteiger partial charge in [-0.1, -0.05) is 36.4 Å². The summed E-state index contributed by atoms with van der Waals surface area (Å²) < 4.78 is 0. The lowest BCUT2D eigenvalue weighted by Crippen LogP contribution is -1.94. The summed E-state index contributed by atoms with van der Waals surface area (Å²) in [4.78, 5) is 0. The Bertz CT molecular complexity index is 463. The molecule has 0 amide bonds. The molecule has 0 spiro atoms. The minimum Gasteiger partial charge on any atom is -0.508 e. The fourth-order valence-electron chi connectivity index (χ4n) is 1.81. The van der Waals surface area contributed by atoms with Gasteiger partial charge in [0.15, 0.2) is 0 Å². The summed E-state index contributed by atoms with van der Waals surface area (Å²) in [6, 6.07) is 15.2. The number of aliphatic hydroxyl groups excluding tert-OH is 1. The van der Waals surface area contributed by atoms with Crippen LogP contribution in [-0.2, 0) is 6.42 Å². The molecule has 2 nitrogen and oxygen atoms in total. The molecule has 0 aliphatic carbocycles. The van der Waals surface area contributed by atoms with Gasteiger partial charge < -0.3 is 10.2 Å². The van der Waals surface area contributed by atoms with Gasteiger partial charge in [0.1, 0.15) is 5.75 Å². The zero-order valence-corrected chi connectivity index (χ0v) is 8.93. The normalized spacial score (nSPS) is 10.3. The van der Waals surface area contributed by atoms with Crippen LogP contribution in [0.15, 0.2) is 48.5 Å². The van der Waals surface area contributed by atoms with Crippen LogP contribution in [0.2, 0.25) is 0 Å². The average molecular weight is 214 g/mol. The predicted octanol–water partition coefficient (Wildman–Crippen LogP) is 2.59. The van der Waals surface area contributed by atoms with Crippen molar-refractivity contribution >= 4 is 0 Å². The average Bonchev–Trinajstić information content (AvgIpc) is 2.31. The Kier molecular flexibility index (Phi) is 3.22. The molecule has 2 aromatic rings. The number of hydrogen-bond donors (Lipinski definition) is 2. The molecule has 0 bridgehead atoms. The SMILES string of the molecule is OCCc1cc(O)ccc1-c1ccccc1. The van der Waals surface area contributed by atoms with Crippen molar-refractivity contribution in [3.8, 4) is 16.9 Å². The third-order valence-corrected chi connectivity index (χ3v) is 2.55. The third kappa shape index (κ3) is 2.23. The van der Waals surface area contributed by atoms with E-state index in [1.165, 1.54) is 0 Å². The van der Waals surface area contributed by atoms with Crippen molar-refractivity contribution in [2.45, 2.75) is 6.42 Å². The van der Waals surface area contributed by atoms with E-state index < -0.39 is 0 Å². The van der Waals surface area contributed by atoms with Gasteiger partial charge in [0.2, 0.25) is 0 Å². The van der Waals surface area contributed by atoms with Crippen molar-refractivity contribution in [1.29, 1.82) is 0 Å². The predicted molar refractivity (Wildman–Crippen MR) is 64.3 cm³/mol. The fraction of sp³-hybridized carbons (Fsp3) is 0.143. The lowest BCUT2D eigenvalue weighted by molar-refractivity contribution is 0.299. The van der Waals surface area contributed by atoms with Crippen LogP contribution in [0, 0.1) is 0 Å². The number of phenolic OH excluding ortho intramolecular Hbond substituents is 1. The Morgan fingerprint density at radius 2 is 1.69 bits per heavy atom. The lowest BCUT2D eigenvalue weighted by atomic mass is 9.98. The molecule has 82 valence electrons. The van der Waals surface area contributed by atoms with Crippen LogP contribution in [0.5, 0.6) is 5.75 Å². The van der Waals surface area contributed by atoms with Crippen molar-refractivity contribution in [2.24, 2.45) is 0 Å². The summed E-state index contributed by atoms with van der Waals surface area (Å²) >= 11 is 0. The molecule has 0 aliphatic rings. The van der Waals surface area contributed by atoms with Crippen LogP contribution in [-0.4, -0.2) is 16.8 Å². The first-order chi connectivity index (χ1) is 7.81. The monoisotopic (exact) mass is 214 g/mol. The zero-order chi connectivity index (χ0) is 11.4. The van der Waals surface area contributed by atoms with E-state index >= 15 is 0 Å². The quantitative estimate of drug-likeness (QED) is 0.824. The molecule has 2 N–H and O–H groups in total. The standard InChI is InChI=1S/C14H14O2/c15-9-8-12-10-13(16)6-7-14(12)11-4-2-1-3-5-11/h1-7,10,15-16H,8-9H2. The van der Waals surface area contributed by atoms with E-state index in [1.54, 1.807) is 12.1 Å². The molecule has 2 heteroatoms. The molecule has 0 saturated heterocycles. The summed E-state index contributed by atoms with van der Waals surface area (Å²) in [6.07, 6.45) is 0.554. The van der Waals surface area contributed by atoms with E-state index in [1.807, 2.05) is 36.4 Å². The number of aliphatic hydroxyl groups is 1. The maximum Gasteiger partial charge on any atom is 0.115 e. The molecule has 0 atom stereocenters. The Balaban J connectivity index is 2.48.